The van der Waals surface area contributed by atoms with E-state index in [0.717, 1.165) is 32.3 Å². The molecule has 37 heavy (non-hydrogen) atoms. The highest BCUT2D eigenvalue weighted by atomic mass is 79.9. The summed E-state index contributed by atoms with van der Waals surface area (Å²) in [4.78, 5) is 12.3. The minimum atomic E-state index is -0.969. The van der Waals surface area contributed by atoms with Crippen molar-refractivity contribution in [3.8, 4) is 22.6 Å². The Morgan fingerprint density at radius 3 is 2.14 bits per heavy atom. The Bertz CT molecular complexity index is 1440. The van der Waals surface area contributed by atoms with Gasteiger partial charge in [0.2, 0.25) is 0 Å². The fraction of sp³-hybridized carbons (Fsp3) is 0.194. The highest BCUT2D eigenvalue weighted by Gasteiger charge is 2.38. The number of rotatable bonds is 6. The second-order valence-electron chi connectivity index (χ2n) is 9.28. The lowest BCUT2D eigenvalue weighted by Crippen LogP contribution is -2.32. The Morgan fingerprint density at radius 1 is 0.838 bits per heavy atom. The summed E-state index contributed by atoms with van der Waals surface area (Å²) in [5, 5.41) is 13.7. The second kappa shape index (κ2) is 10.3. The number of hydrogen-bond acceptors (Lipinski definition) is 4. The van der Waals surface area contributed by atoms with Crippen LogP contribution in [0.15, 0.2) is 89.4 Å². The lowest BCUT2D eigenvalue weighted by atomic mass is 9.72. The normalized spacial score (nSPS) is 18.4. The molecule has 0 saturated heterocycles. The molecule has 3 atom stereocenters. The number of carbonyl (C=O) groups is 1. The van der Waals surface area contributed by atoms with Crippen molar-refractivity contribution in [2.24, 2.45) is 5.92 Å². The second-order valence-corrected chi connectivity index (χ2v) is 10.2. The summed E-state index contributed by atoms with van der Waals surface area (Å²) in [7, 11) is 3.24. The summed E-state index contributed by atoms with van der Waals surface area (Å²) < 4.78 is 11.8. The van der Waals surface area contributed by atoms with Gasteiger partial charge in [-0.05, 0) is 58.0 Å². The molecule has 0 bridgehead atoms. The van der Waals surface area contributed by atoms with Gasteiger partial charge in [0.1, 0.15) is 0 Å². The Labute approximate surface area is 225 Å². The molecule has 5 nitrogen and oxygen atoms in total. The van der Waals surface area contributed by atoms with Gasteiger partial charge in [0.25, 0.3) is 0 Å². The zero-order chi connectivity index (χ0) is 26.1. The van der Waals surface area contributed by atoms with E-state index in [1.54, 1.807) is 20.3 Å². The van der Waals surface area contributed by atoms with E-state index in [4.69, 9.17) is 9.47 Å². The molecular formula is C31H28BrNO4. The Kier molecular flexibility index (Phi) is 6.94. The van der Waals surface area contributed by atoms with Gasteiger partial charge in [-0.3, -0.25) is 0 Å². The predicted octanol–water partition coefficient (Wildman–Crippen LogP) is 7.77. The van der Waals surface area contributed by atoms with Crippen LogP contribution in [0.5, 0.6) is 11.5 Å². The van der Waals surface area contributed by atoms with E-state index in [1.807, 2.05) is 42.5 Å². The lowest BCUT2D eigenvalue weighted by Gasteiger charge is -2.40. The van der Waals surface area contributed by atoms with Crippen molar-refractivity contribution in [3.63, 3.8) is 0 Å². The summed E-state index contributed by atoms with van der Waals surface area (Å²) in [6.07, 6.45) is 0. The number of fused-ring (bicyclic) bond motifs is 1. The zero-order valence-corrected chi connectivity index (χ0v) is 22.5. The number of nitrogens with one attached hydrogen (secondary N) is 1. The van der Waals surface area contributed by atoms with E-state index < -0.39 is 5.97 Å². The third kappa shape index (κ3) is 4.69. The van der Waals surface area contributed by atoms with Crippen molar-refractivity contribution >= 4 is 27.6 Å². The number of halogens is 1. The molecule has 0 aliphatic carbocycles. The van der Waals surface area contributed by atoms with Crippen molar-refractivity contribution in [1.82, 2.24) is 0 Å². The molecule has 0 spiro atoms. The standard InChI is InChI=1S/C31H28BrNO4/c1-18-28(22-13-14-26(36-2)27(15-22)37-3)24-16-23(32)17-25(31(34)35)30(24)33-29(18)21-11-9-20(10-12-21)19-7-5-4-6-8-19/h4-18,28-29,33H,1-3H3,(H,34,35)/t18-,28-,29-/m1/s1. The summed E-state index contributed by atoms with van der Waals surface area (Å²) in [6, 6.07) is 28.3. The molecule has 2 N–H and O–H groups in total. The minimum Gasteiger partial charge on any atom is -0.493 e. The van der Waals surface area contributed by atoms with E-state index in [2.05, 4.69) is 64.6 Å². The Balaban J connectivity index is 1.63. The number of benzene rings is 4. The van der Waals surface area contributed by atoms with Crippen LogP contribution in [0.1, 0.15) is 45.9 Å². The molecule has 1 aliphatic heterocycles. The third-order valence-electron chi connectivity index (χ3n) is 7.19. The lowest BCUT2D eigenvalue weighted by molar-refractivity contribution is 0.0697. The first-order chi connectivity index (χ1) is 17.9. The van der Waals surface area contributed by atoms with Gasteiger partial charge in [0.05, 0.1) is 31.5 Å². The Morgan fingerprint density at radius 2 is 1.49 bits per heavy atom. The molecule has 6 heteroatoms. The van der Waals surface area contributed by atoms with Crippen LogP contribution in [0.2, 0.25) is 0 Å². The first-order valence-corrected chi connectivity index (χ1v) is 12.9. The number of carboxylic acid groups (broad SMARTS) is 1. The number of hydrogen-bond donors (Lipinski definition) is 2. The molecule has 5 rings (SSSR count). The molecule has 1 heterocycles. The van der Waals surface area contributed by atoms with Crippen molar-refractivity contribution in [2.45, 2.75) is 18.9 Å². The molecule has 188 valence electrons. The molecule has 4 aromatic rings. The first kappa shape index (κ1) is 24.9. The molecule has 0 saturated carbocycles. The van der Waals surface area contributed by atoms with Crippen molar-refractivity contribution in [2.75, 3.05) is 19.5 Å². The Hall–Kier alpha value is -3.77. The summed E-state index contributed by atoms with van der Waals surface area (Å²) in [5.74, 6) is 0.351. The van der Waals surface area contributed by atoms with E-state index in [-0.39, 0.29) is 23.4 Å². The first-order valence-electron chi connectivity index (χ1n) is 12.1. The van der Waals surface area contributed by atoms with Crippen LogP contribution >= 0.6 is 15.9 Å². The van der Waals surface area contributed by atoms with E-state index in [9.17, 15) is 9.90 Å². The van der Waals surface area contributed by atoms with Gasteiger partial charge in [-0.2, -0.15) is 0 Å². The highest BCUT2D eigenvalue weighted by molar-refractivity contribution is 9.10. The molecule has 0 aromatic heterocycles. The maximum Gasteiger partial charge on any atom is 0.337 e. The number of aromatic carboxylic acids is 1. The van der Waals surface area contributed by atoms with Crippen LogP contribution in [0.3, 0.4) is 0 Å². The summed E-state index contributed by atoms with van der Waals surface area (Å²) >= 11 is 3.53. The van der Waals surface area contributed by atoms with Gasteiger partial charge in [0, 0.05) is 10.4 Å². The zero-order valence-electron chi connectivity index (χ0n) is 20.9. The van der Waals surface area contributed by atoms with Gasteiger partial charge < -0.3 is 19.9 Å². The van der Waals surface area contributed by atoms with Gasteiger partial charge in [-0.15, -0.1) is 0 Å². The van der Waals surface area contributed by atoms with Crippen LogP contribution in [0.4, 0.5) is 5.69 Å². The molecule has 0 amide bonds. The fourth-order valence-corrected chi connectivity index (χ4v) is 5.87. The van der Waals surface area contributed by atoms with Gasteiger partial charge in [-0.1, -0.05) is 83.5 Å². The molecule has 1 aliphatic rings. The SMILES string of the molecule is COc1ccc([C@@H]2c3cc(Br)cc(C(=O)O)c3N[C@@H](c3ccc(-c4ccccc4)cc3)[C@@H]2C)cc1OC. The van der Waals surface area contributed by atoms with Crippen LogP contribution in [0, 0.1) is 5.92 Å². The number of anilines is 1. The van der Waals surface area contributed by atoms with Crippen LogP contribution < -0.4 is 14.8 Å². The maximum absolute atomic E-state index is 12.3. The van der Waals surface area contributed by atoms with E-state index in [0.29, 0.717) is 17.2 Å². The average Bonchev–Trinajstić information content (AvgIpc) is 2.92. The van der Waals surface area contributed by atoms with E-state index in [1.165, 1.54) is 0 Å². The summed E-state index contributed by atoms with van der Waals surface area (Å²) in [5.41, 5.74) is 6.25. The minimum absolute atomic E-state index is 0.0783. The fourth-order valence-electron chi connectivity index (χ4n) is 5.40. The maximum atomic E-state index is 12.3. The number of carboxylic acids is 1. The quantitative estimate of drug-likeness (QED) is 0.253. The molecule has 0 fully saturated rings. The van der Waals surface area contributed by atoms with Crippen LogP contribution in [-0.4, -0.2) is 25.3 Å². The molecule has 0 radical (unpaired) electrons. The third-order valence-corrected chi connectivity index (χ3v) is 7.65. The van der Waals surface area contributed by atoms with Crippen molar-refractivity contribution in [3.05, 3.63) is 112 Å². The average molecular weight is 558 g/mol. The number of ether oxygens (including phenoxy) is 2. The largest absolute Gasteiger partial charge is 0.493 e. The van der Waals surface area contributed by atoms with Gasteiger partial charge in [-0.25, -0.2) is 4.79 Å². The smallest absolute Gasteiger partial charge is 0.337 e. The van der Waals surface area contributed by atoms with Crippen molar-refractivity contribution < 1.29 is 19.4 Å². The van der Waals surface area contributed by atoms with Crippen LogP contribution in [0.25, 0.3) is 11.1 Å². The topological polar surface area (TPSA) is 67.8 Å². The van der Waals surface area contributed by atoms with Crippen LogP contribution in [-0.2, 0) is 0 Å². The molecule has 0 unspecified atom stereocenters. The molecule has 4 aromatic carbocycles. The van der Waals surface area contributed by atoms with Crippen molar-refractivity contribution in [1.29, 1.82) is 0 Å². The molecular weight excluding hydrogens is 530 g/mol. The van der Waals surface area contributed by atoms with Gasteiger partial charge in [0.15, 0.2) is 11.5 Å². The summed E-state index contributed by atoms with van der Waals surface area (Å²) in [6.45, 7) is 2.20. The monoisotopic (exact) mass is 557 g/mol. The van der Waals surface area contributed by atoms with Gasteiger partial charge >= 0.3 is 5.97 Å². The predicted molar refractivity (Wildman–Crippen MR) is 150 cm³/mol. The number of methoxy groups -OCH3 is 2. The highest BCUT2D eigenvalue weighted by Crippen LogP contribution is 2.50. The van der Waals surface area contributed by atoms with E-state index >= 15 is 0 Å².